The van der Waals surface area contributed by atoms with E-state index in [0.29, 0.717) is 6.54 Å². The van der Waals surface area contributed by atoms with Crippen LogP contribution in [0.3, 0.4) is 0 Å². The molecule has 1 aliphatic heterocycles. The minimum Gasteiger partial charge on any atom is -0.481 e. The molecule has 1 aliphatic carbocycles. The summed E-state index contributed by atoms with van der Waals surface area (Å²) in [6.07, 6.45) is 2.88. The summed E-state index contributed by atoms with van der Waals surface area (Å²) in [5, 5.41) is 10.4. The van der Waals surface area contributed by atoms with Gasteiger partial charge in [-0.3, -0.25) is 4.79 Å². The molecule has 2 fully saturated rings. The highest BCUT2D eigenvalue weighted by Crippen LogP contribution is 2.49. The fourth-order valence-corrected chi connectivity index (χ4v) is 3.88. The van der Waals surface area contributed by atoms with Crippen molar-refractivity contribution in [3.8, 4) is 0 Å². The smallest absolute Gasteiger partial charge is 0.311 e. The van der Waals surface area contributed by atoms with E-state index < -0.39 is 11.4 Å². The van der Waals surface area contributed by atoms with Gasteiger partial charge in [0.25, 0.3) is 0 Å². The first-order valence-corrected chi connectivity index (χ1v) is 6.68. The van der Waals surface area contributed by atoms with Gasteiger partial charge in [-0.25, -0.2) is 4.98 Å². The Kier molecular flexibility index (Phi) is 2.36. The number of carbonyl (C=O) groups is 1. The van der Waals surface area contributed by atoms with Crippen molar-refractivity contribution in [1.29, 1.82) is 0 Å². The number of carboxylic acid groups (broad SMARTS) is 1. The minimum absolute atomic E-state index is 0.282. The number of aromatic nitrogens is 2. The molecule has 0 radical (unpaired) electrons. The third kappa shape index (κ3) is 1.54. The molecule has 2 atom stereocenters. The van der Waals surface area contributed by atoms with E-state index in [0.717, 1.165) is 36.8 Å². The molecule has 1 saturated carbocycles. The van der Waals surface area contributed by atoms with Crippen LogP contribution in [-0.4, -0.2) is 33.5 Å². The maximum atomic E-state index is 11.5. The molecule has 0 bridgehead atoms. The molecule has 1 aromatic rings. The van der Waals surface area contributed by atoms with Crippen LogP contribution in [0.2, 0.25) is 0 Å². The Morgan fingerprint density at radius 1 is 1.65 bits per heavy atom. The third-order valence-corrected chi connectivity index (χ3v) is 4.95. The highest BCUT2D eigenvalue weighted by Gasteiger charge is 2.55. The summed E-state index contributed by atoms with van der Waals surface area (Å²) in [5.74, 6) is 0.416. The Hall–Kier alpha value is -1.17. The van der Waals surface area contributed by atoms with Crippen molar-refractivity contribution in [2.24, 2.45) is 11.3 Å². The molecule has 1 N–H and O–H groups in total. The molecule has 92 valence electrons. The summed E-state index contributed by atoms with van der Waals surface area (Å²) in [7, 11) is 0. The summed E-state index contributed by atoms with van der Waals surface area (Å²) < 4.78 is 4.16. The zero-order valence-corrected chi connectivity index (χ0v) is 10.5. The lowest BCUT2D eigenvalue weighted by molar-refractivity contribution is -0.149. The first kappa shape index (κ1) is 11.0. The number of anilines is 1. The van der Waals surface area contributed by atoms with Crippen LogP contribution in [0.5, 0.6) is 0 Å². The normalized spacial score (nSPS) is 31.8. The van der Waals surface area contributed by atoms with Crippen molar-refractivity contribution in [3.05, 3.63) is 5.82 Å². The van der Waals surface area contributed by atoms with Crippen molar-refractivity contribution in [2.75, 3.05) is 18.0 Å². The second-order valence-electron chi connectivity index (χ2n) is 5.06. The Labute approximate surface area is 104 Å². The van der Waals surface area contributed by atoms with Gasteiger partial charge in [0.15, 0.2) is 0 Å². The van der Waals surface area contributed by atoms with Crippen LogP contribution in [0.25, 0.3) is 0 Å². The molecule has 5 nitrogen and oxygen atoms in total. The summed E-state index contributed by atoms with van der Waals surface area (Å²) in [4.78, 5) is 18.0. The molecule has 1 saturated heterocycles. The number of aryl methyl sites for hydroxylation is 1. The number of fused-ring (bicyclic) bond motifs is 1. The lowest BCUT2D eigenvalue weighted by Gasteiger charge is -2.22. The average Bonchev–Trinajstić information content (AvgIpc) is 2.88. The van der Waals surface area contributed by atoms with Gasteiger partial charge >= 0.3 is 5.97 Å². The van der Waals surface area contributed by atoms with Crippen LogP contribution < -0.4 is 4.90 Å². The Balaban J connectivity index is 1.87. The van der Waals surface area contributed by atoms with Crippen molar-refractivity contribution in [1.82, 2.24) is 9.36 Å². The summed E-state index contributed by atoms with van der Waals surface area (Å²) >= 11 is 1.37. The fraction of sp³-hybridized carbons (Fsp3) is 0.727. The van der Waals surface area contributed by atoms with E-state index in [1.54, 1.807) is 0 Å². The second-order valence-corrected chi connectivity index (χ2v) is 5.79. The van der Waals surface area contributed by atoms with Gasteiger partial charge in [-0.15, -0.1) is 0 Å². The first-order chi connectivity index (χ1) is 8.12. The molecular weight excluding hydrogens is 238 g/mol. The average molecular weight is 253 g/mol. The van der Waals surface area contributed by atoms with Gasteiger partial charge in [0, 0.05) is 24.6 Å². The Morgan fingerprint density at radius 3 is 3.06 bits per heavy atom. The minimum atomic E-state index is -0.635. The predicted octanol–water partition coefficient (Wildman–Crippen LogP) is 1.54. The number of aliphatic carboxylic acids is 1. The van der Waals surface area contributed by atoms with E-state index in [1.165, 1.54) is 11.5 Å². The van der Waals surface area contributed by atoms with Crippen LogP contribution in [0.1, 0.15) is 25.1 Å². The molecule has 0 spiro atoms. The lowest BCUT2D eigenvalue weighted by Crippen LogP contribution is -2.35. The zero-order valence-electron chi connectivity index (χ0n) is 9.72. The molecule has 0 amide bonds. The second kappa shape index (κ2) is 3.66. The van der Waals surface area contributed by atoms with Crippen molar-refractivity contribution in [3.63, 3.8) is 0 Å². The molecule has 6 heteroatoms. The van der Waals surface area contributed by atoms with Crippen LogP contribution in [0, 0.1) is 18.3 Å². The maximum Gasteiger partial charge on any atom is 0.311 e. The van der Waals surface area contributed by atoms with Gasteiger partial charge in [0.05, 0.1) is 5.41 Å². The standard InChI is InChI=1S/C11H15N3O2S/c1-7-12-10(17-13-7)14-5-8-3-2-4-11(8,6-14)9(15)16/h8H,2-6H2,1H3,(H,15,16)/t8-,11+/m0/s1. The van der Waals surface area contributed by atoms with E-state index in [4.69, 9.17) is 0 Å². The van der Waals surface area contributed by atoms with Gasteiger partial charge in [0.2, 0.25) is 5.13 Å². The molecule has 1 aromatic heterocycles. The van der Waals surface area contributed by atoms with Crippen LogP contribution in [0.15, 0.2) is 0 Å². The topological polar surface area (TPSA) is 66.3 Å². The molecule has 2 aliphatic rings. The SMILES string of the molecule is Cc1nsc(N2C[C@@H]3CCC[C@@]3(C(=O)O)C2)n1. The number of rotatable bonds is 2. The molecule has 0 unspecified atom stereocenters. The van der Waals surface area contributed by atoms with Crippen LogP contribution in [-0.2, 0) is 4.79 Å². The monoisotopic (exact) mass is 253 g/mol. The number of carboxylic acids is 1. The van der Waals surface area contributed by atoms with Gasteiger partial charge in [0.1, 0.15) is 5.82 Å². The van der Waals surface area contributed by atoms with Gasteiger partial charge in [-0.1, -0.05) is 6.42 Å². The van der Waals surface area contributed by atoms with Crippen LogP contribution >= 0.6 is 11.5 Å². The highest BCUT2D eigenvalue weighted by molar-refractivity contribution is 7.09. The zero-order chi connectivity index (χ0) is 12.0. The molecular formula is C11H15N3O2S. The van der Waals surface area contributed by atoms with Crippen LogP contribution in [0.4, 0.5) is 5.13 Å². The highest BCUT2D eigenvalue weighted by atomic mass is 32.1. The molecule has 0 aromatic carbocycles. The van der Waals surface area contributed by atoms with E-state index in [-0.39, 0.29) is 5.92 Å². The Bertz CT molecular complexity index is 461. The quantitative estimate of drug-likeness (QED) is 0.866. The third-order valence-electron chi connectivity index (χ3n) is 4.08. The van der Waals surface area contributed by atoms with E-state index >= 15 is 0 Å². The number of hydrogen-bond donors (Lipinski definition) is 1. The summed E-state index contributed by atoms with van der Waals surface area (Å²) in [6, 6.07) is 0. The van der Waals surface area contributed by atoms with Crippen molar-refractivity contribution < 1.29 is 9.90 Å². The van der Waals surface area contributed by atoms with E-state index in [1.807, 2.05) is 6.92 Å². The van der Waals surface area contributed by atoms with Crippen molar-refractivity contribution in [2.45, 2.75) is 26.2 Å². The fourth-order valence-electron chi connectivity index (χ4n) is 3.20. The largest absolute Gasteiger partial charge is 0.481 e. The number of nitrogens with zero attached hydrogens (tertiary/aromatic N) is 3. The first-order valence-electron chi connectivity index (χ1n) is 5.90. The van der Waals surface area contributed by atoms with Gasteiger partial charge in [-0.2, -0.15) is 4.37 Å². The van der Waals surface area contributed by atoms with Gasteiger partial charge in [-0.05, 0) is 25.7 Å². The number of hydrogen-bond acceptors (Lipinski definition) is 5. The lowest BCUT2D eigenvalue weighted by atomic mass is 9.81. The molecule has 2 heterocycles. The van der Waals surface area contributed by atoms with E-state index in [2.05, 4.69) is 14.3 Å². The van der Waals surface area contributed by atoms with Gasteiger partial charge < -0.3 is 10.0 Å². The van der Waals surface area contributed by atoms with E-state index in [9.17, 15) is 9.90 Å². The molecule has 17 heavy (non-hydrogen) atoms. The summed E-state index contributed by atoms with van der Waals surface area (Å²) in [6.45, 7) is 3.28. The van der Waals surface area contributed by atoms with Crippen molar-refractivity contribution >= 4 is 22.6 Å². The summed E-state index contributed by atoms with van der Waals surface area (Å²) in [5.41, 5.74) is -0.528. The molecule has 3 rings (SSSR count). The Morgan fingerprint density at radius 2 is 2.47 bits per heavy atom. The maximum absolute atomic E-state index is 11.5. The predicted molar refractivity (Wildman–Crippen MR) is 64.3 cm³/mol.